The van der Waals surface area contributed by atoms with Crippen molar-refractivity contribution in [3.8, 4) is 0 Å². The average Bonchev–Trinajstić information content (AvgIpc) is 2.53. The molecule has 2 rings (SSSR count). The van der Waals surface area contributed by atoms with Crippen LogP contribution in [0.4, 0.5) is 18.9 Å². The fourth-order valence-electron chi connectivity index (χ4n) is 2.00. The molecule has 0 aliphatic carbocycles. The van der Waals surface area contributed by atoms with Crippen LogP contribution in [-0.4, -0.2) is 29.2 Å². The molecule has 2 aromatic rings. The lowest BCUT2D eigenvalue weighted by Crippen LogP contribution is -2.26. The summed E-state index contributed by atoms with van der Waals surface area (Å²) in [5.74, 6) is 0.562. The molecule has 0 atom stereocenters. The third-order valence-corrected chi connectivity index (χ3v) is 5.22. The molecule has 0 bridgehead atoms. The number of hydrogen-bond donors (Lipinski definition) is 0. The summed E-state index contributed by atoms with van der Waals surface area (Å²) in [5, 5.41) is -0.164. The minimum atomic E-state index is -4.39. The van der Waals surface area contributed by atoms with E-state index in [0.717, 1.165) is 15.1 Å². The van der Waals surface area contributed by atoms with Gasteiger partial charge >= 0.3 is 5.51 Å². The molecule has 25 heavy (non-hydrogen) atoms. The molecule has 0 N–H and O–H groups in total. The number of rotatable bonds is 5. The monoisotopic (exact) mass is 450 g/mol. The van der Waals surface area contributed by atoms with Gasteiger partial charge in [-0.05, 0) is 36.1 Å². The Labute approximate surface area is 160 Å². The molecule has 0 radical (unpaired) electrons. The van der Waals surface area contributed by atoms with Gasteiger partial charge in [-0.2, -0.15) is 13.2 Å². The zero-order valence-corrected chi connectivity index (χ0v) is 16.5. The number of carbonyl (C=O) groups is 1. The van der Waals surface area contributed by atoms with E-state index in [-0.39, 0.29) is 22.7 Å². The van der Waals surface area contributed by atoms with E-state index in [0.29, 0.717) is 11.3 Å². The van der Waals surface area contributed by atoms with E-state index in [2.05, 4.69) is 20.9 Å². The number of thioether (sulfide) groups is 2. The SMILES string of the molecule is CCSc1cc(Br)ccc1C(=O)N(C)c1ccc(SC(F)(F)F)nc1. The molecule has 0 aliphatic heterocycles. The second kappa shape index (κ2) is 8.46. The molecule has 1 aromatic heterocycles. The summed E-state index contributed by atoms with van der Waals surface area (Å²) in [5.41, 5.74) is -3.43. The number of aromatic nitrogens is 1. The first-order valence-electron chi connectivity index (χ1n) is 7.13. The molecule has 1 aromatic carbocycles. The summed E-state index contributed by atoms with van der Waals surface area (Å²) in [7, 11) is 1.57. The Morgan fingerprint density at radius 3 is 2.56 bits per heavy atom. The highest BCUT2D eigenvalue weighted by atomic mass is 79.9. The molecular formula is C16H14BrF3N2OS2. The van der Waals surface area contributed by atoms with Crippen LogP contribution in [0.25, 0.3) is 0 Å². The van der Waals surface area contributed by atoms with E-state index in [4.69, 9.17) is 0 Å². The van der Waals surface area contributed by atoms with Crippen LogP contribution in [-0.2, 0) is 0 Å². The fourth-order valence-corrected chi connectivity index (χ4v) is 3.82. The topological polar surface area (TPSA) is 33.2 Å². The van der Waals surface area contributed by atoms with Crippen molar-refractivity contribution in [2.75, 3.05) is 17.7 Å². The average molecular weight is 451 g/mol. The number of carbonyl (C=O) groups excluding carboxylic acids is 1. The number of anilines is 1. The first-order chi connectivity index (χ1) is 11.7. The normalized spacial score (nSPS) is 11.4. The maximum Gasteiger partial charge on any atom is 0.447 e. The fraction of sp³-hybridized carbons (Fsp3) is 0.250. The van der Waals surface area contributed by atoms with Crippen molar-refractivity contribution in [1.29, 1.82) is 0 Å². The summed E-state index contributed by atoms with van der Waals surface area (Å²) in [6.07, 6.45) is 1.26. The van der Waals surface area contributed by atoms with Gasteiger partial charge in [0.25, 0.3) is 5.91 Å². The van der Waals surface area contributed by atoms with Gasteiger partial charge in [0.05, 0.1) is 17.4 Å². The predicted molar refractivity (Wildman–Crippen MR) is 99.4 cm³/mol. The quantitative estimate of drug-likeness (QED) is 0.535. The van der Waals surface area contributed by atoms with Crippen LogP contribution in [0, 0.1) is 0 Å². The van der Waals surface area contributed by atoms with Crippen molar-refractivity contribution >= 4 is 51.0 Å². The van der Waals surface area contributed by atoms with Crippen LogP contribution in [0.5, 0.6) is 0 Å². The summed E-state index contributed by atoms with van der Waals surface area (Å²) in [6, 6.07) is 8.08. The van der Waals surface area contributed by atoms with Crippen LogP contribution in [0.15, 0.2) is 50.9 Å². The Balaban J connectivity index is 2.23. The van der Waals surface area contributed by atoms with Gasteiger partial charge in [-0.15, -0.1) is 11.8 Å². The van der Waals surface area contributed by atoms with E-state index in [1.165, 1.54) is 23.2 Å². The zero-order valence-electron chi connectivity index (χ0n) is 13.3. The molecule has 3 nitrogen and oxygen atoms in total. The number of nitrogens with zero attached hydrogens (tertiary/aromatic N) is 2. The van der Waals surface area contributed by atoms with Gasteiger partial charge in [-0.3, -0.25) is 4.79 Å². The van der Waals surface area contributed by atoms with Crippen LogP contribution in [0.3, 0.4) is 0 Å². The van der Waals surface area contributed by atoms with E-state index in [9.17, 15) is 18.0 Å². The van der Waals surface area contributed by atoms with Crippen molar-refractivity contribution in [2.24, 2.45) is 0 Å². The number of hydrogen-bond acceptors (Lipinski definition) is 4. The lowest BCUT2D eigenvalue weighted by molar-refractivity contribution is -0.0329. The van der Waals surface area contributed by atoms with Crippen LogP contribution >= 0.6 is 39.5 Å². The molecule has 0 aliphatic rings. The molecular weight excluding hydrogens is 437 g/mol. The standard InChI is InChI=1S/C16H14BrF3N2OS2/c1-3-24-13-8-10(17)4-6-12(13)15(23)22(2)11-5-7-14(21-9-11)25-16(18,19)20/h4-9H,3H2,1-2H3. The predicted octanol–water partition coefficient (Wildman–Crippen LogP) is 5.84. The van der Waals surface area contributed by atoms with Gasteiger partial charge in [0, 0.05) is 28.2 Å². The molecule has 0 unspecified atom stereocenters. The van der Waals surface area contributed by atoms with Crippen molar-refractivity contribution in [3.05, 3.63) is 46.6 Å². The Hall–Kier alpha value is -1.19. The Bertz CT molecular complexity index is 754. The lowest BCUT2D eigenvalue weighted by atomic mass is 10.2. The smallest absolute Gasteiger partial charge is 0.310 e. The molecule has 9 heteroatoms. The Kier molecular flexibility index (Phi) is 6.81. The van der Waals surface area contributed by atoms with E-state index in [1.807, 2.05) is 13.0 Å². The second-order valence-corrected chi connectivity index (χ2v) is 8.15. The highest BCUT2D eigenvalue weighted by Crippen LogP contribution is 2.36. The Morgan fingerprint density at radius 1 is 1.28 bits per heavy atom. The molecule has 0 fully saturated rings. The minimum absolute atomic E-state index is 0.164. The zero-order chi connectivity index (χ0) is 18.6. The van der Waals surface area contributed by atoms with Crippen molar-refractivity contribution < 1.29 is 18.0 Å². The first kappa shape index (κ1) is 20.1. The van der Waals surface area contributed by atoms with E-state index < -0.39 is 5.51 Å². The molecule has 0 saturated heterocycles. The number of benzene rings is 1. The number of alkyl halides is 3. The van der Waals surface area contributed by atoms with Crippen LogP contribution in [0.1, 0.15) is 17.3 Å². The largest absolute Gasteiger partial charge is 0.447 e. The highest BCUT2D eigenvalue weighted by molar-refractivity contribution is 9.10. The molecule has 1 heterocycles. The number of halogens is 4. The van der Waals surface area contributed by atoms with E-state index in [1.54, 1.807) is 30.9 Å². The van der Waals surface area contributed by atoms with Gasteiger partial charge in [-0.25, -0.2) is 4.98 Å². The number of amides is 1. The minimum Gasteiger partial charge on any atom is -0.310 e. The summed E-state index contributed by atoms with van der Waals surface area (Å²) >= 11 is 4.64. The molecule has 1 amide bonds. The highest BCUT2D eigenvalue weighted by Gasteiger charge is 2.30. The van der Waals surface area contributed by atoms with Crippen LogP contribution in [0.2, 0.25) is 0 Å². The van der Waals surface area contributed by atoms with Gasteiger partial charge in [-0.1, -0.05) is 22.9 Å². The van der Waals surface area contributed by atoms with Crippen molar-refractivity contribution in [2.45, 2.75) is 22.4 Å². The summed E-state index contributed by atoms with van der Waals surface area (Å²) in [4.78, 5) is 18.7. The lowest BCUT2D eigenvalue weighted by Gasteiger charge is -2.19. The van der Waals surface area contributed by atoms with Gasteiger partial charge < -0.3 is 4.90 Å². The van der Waals surface area contributed by atoms with E-state index >= 15 is 0 Å². The molecule has 134 valence electrons. The second-order valence-electron chi connectivity index (χ2n) is 4.84. The third-order valence-electron chi connectivity index (χ3n) is 3.11. The number of pyridine rings is 1. The molecule has 0 spiro atoms. The summed E-state index contributed by atoms with van der Waals surface area (Å²) < 4.78 is 37.9. The van der Waals surface area contributed by atoms with Crippen molar-refractivity contribution in [3.63, 3.8) is 0 Å². The van der Waals surface area contributed by atoms with Gasteiger partial charge in [0.15, 0.2) is 0 Å². The first-order valence-corrected chi connectivity index (χ1v) is 9.73. The van der Waals surface area contributed by atoms with Gasteiger partial charge in [0.2, 0.25) is 0 Å². The molecule has 0 saturated carbocycles. The van der Waals surface area contributed by atoms with Gasteiger partial charge in [0.1, 0.15) is 5.03 Å². The maximum absolute atomic E-state index is 12.8. The maximum atomic E-state index is 12.8. The van der Waals surface area contributed by atoms with Crippen molar-refractivity contribution in [1.82, 2.24) is 4.98 Å². The summed E-state index contributed by atoms with van der Waals surface area (Å²) in [6.45, 7) is 1.99. The Morgan fingerprint density at radius 2 is 2.00 bits per heavy atom. The third kappa shape index (κ3) is 5.65. The van der Waals surface area contributed by atoms with Crippen LogP contribution < -0.4 is 4.90 Å².